The van der Waals surface area contributed by atoms with E-state index in [0.717, 1.165) is 35.5 Å². The van der Waals surface area contributed by atoms with Crippen molar-refractivity contribution < 1.29 is 30.3 Å². The summed E-state index contributed by atoms with van der Waals surface area (Å²) in [5.41, 5.74) is 4.01. The number of fused-ring (bicyclic) bond motifs is 1. The fraction of sp³-hybridized carbons (Fsp3) is 0.391. The van der Waals surface area contributed by atoms with Crippen molar-refractivity contribution in [3.8, 4) is 11.3 Å². The van der Waals surface area contributed by atoms with Crippen molar-refractivity contribution in [1.29, 1.82) is 0 Å². The maximum atomic E-state index is 8.56. The predicted octanol–water partition coefficient (Wildman–Crippen LogP) is 4.49. The Kier molecular flexibility index (Phi) is 10.5. The summed E-state index contributed by atoms with van der Waals surface area (Å²) in [6, 6.07) is 15.7. The van der Waals surface area contributed by atoms with Crippen LogP contribution in [0.3, 0.4) is 0 Å². The van der Waals surface area contributed by atoms with Gasteiger partial charge in [-0.1, -0.05) is 43.0 Å². The van der Waals surface area contributed by atoms with Crippen LogP contribution in [0.4, 0.5) is 0 Å². The summed E-state index contributed by atoms with van der Waals surface area (Å²) in [7, 11) is 0. The Labute approximate surface area is 181 Å². The van der Waals surface area contributed by atoms with Crippen LogP contribution in [0.5, 0.6) is 0 Å². The van der Waals surface area contributed by atoms with Crippen LogP contribution in [0, 0.1) is 13.0 Å². The summed E-state index contributed by atoms with van der Waals surface area (Å²) in [5, 5.41) is 19.5. The molecule has 0 aliphatic carbocycles. The summed E-state index contributed by atoms with van der Waals surface area (Å²) < 4.78 is 0. The molecule has 1 aromatic heterocycles. The standard InChI is InChI=1S/C18H17N2.C5H12O2.Ir/c1-3-7-15-12-19-18(13(2)20-15)17-11-6-9-14-8-4-5-10-16(14)17;1-4(6)3-5(2)7;/h4-6,8-10,12H,3,7H2,1-2H3;4-7H,3H2,1-2H3;/q-1;;. The molecular weight excluding hydrogens is 528 g/mol. The minimum atomic E-state index is -0.375. The summed E-state index contributed by atoms with van der Waals surface area (Å²) >= 11 is 0. The molecule has 5 heteroatoms. The first kappa shape index (κ1) is 24.4. The summed E-state index contributed by atoms with van der Waals surface area (Å²) in [5.74, 6) is 0. The molecule has 0 aliphatic heterocycles. The molecule has 0 bridgehead atoms. The van der Waals surface area contributed by atoms with Crippen molar-refractivity contribution in [2.75, 3.05) is 0 Å². The third-order valence-corrected chi connectivity index (χ3v) is 4.14. The van der Waals surface area contributed by atoms with Gasteiger partial charge in [-0.2, -0.15) is 0 Å². The number of rotatable bonds is 5. The van der Waals surface area contributed by atoms with Crippen LogP contribution in [-0.2, 0) is 26.5 Å². The van der Waals surface area contributed by atoms with Crippen molar-refractivity contribution in [3.63, 3.8) is 0 Å². The van der Waals surface area contributed by atoms with Crippen LogP contribution in [0.25, 0.3) is 22.0 Å². The second kappa shape index (κ2) is 12.0. The summed E-state index contributed by atoms with van der Waals surface area (Å²) in [6.45, 7) is 7.50. The van der Waals surface area contributed by atoms with E-state index in [1.54, 1.807) is 13.8 Å². The Morgan fingerprint density at radius 3 is 2.32 bits per heavy atom. The van der Waals surface area contributed by atoms with E-state index in [4.69, 9.17) is 10.2 Å². The second-order valence-corrected chi connectivity index (χ2v) is 6.92. The van der Waals surface area contributed by atoms with Crippen LogP contribution in [0.15, 0.2) is 42.6 Å². The van der Waals surface area contributed by atoms with Gasteiger partial charge in [0.1, 0.15) is 0 Å². The molecule has 0 amide bonds. The van der Waals surface area contributed by atoms with E-state index in [1.165, 1.54) is 10.8 Å². The number of aromatic nitrogens is 2. The van der Waals surface area contributed by atoms with E-state index >= 15 is 0 Å². The first-order valence-corrected chi connectivity index (χ1v) is 9.50. The fourth-order valence-corrected chi connectivity index (χ4v) is 3.00. The van der Waals surface area contributed by atoms with Gasteiger partial charge in [-0.3, -0.25) is 4.98 Å². The summed E-state index contributed by atoms with van der Waals surface area (Å²) in [6.07, 6.45) is 3.68. The van der Waals surface area contributed by atoms with E-state index in [-0.39, 0.29) is 32.3 Å². The number of nitrogens with zero attached hydrogens (tertiary/aromatic N) is 2. The topological polar surface area (TPSA) is 66.2 Å². The Morgan fingerprint density at radius 1 is 1.07 bits per heavy atom. The fourth-order valence-electron chi connectivity index (χ4n) is 3.00. The number of aryl methyl sites for hydroxylation is 2. The molecule has 4 nitrogen and oxygen atoms in total. The van der Waals surface area contributed by atoms with E-state index in [0.29, 0.717) is 6.42 Å². The quantitative estimate of drug-likeness (QED) is 0.454. The van der Waals surface area contributed by atoms with Gasteiger partial charge in [0.25, 0.3) is 0 Å². The van der Waals surface area contributed by atoms with Crippen LogP contribution >= 0.6 is 0 Å². The molecule has 2 aromatic carbocycles. The van der Waals surface area contributed by atoms with Gasteiger partial charge < -0.3 is 15.2 Å². The zero-order chi connectivity index (χ0) is 19.8. The Morgan fingerprint density at radius 2 is 1.75 bits per heavy atom. The SMILES string of the molecule is CC(O)CC(C)O.CCCc1cnc(-c2[c-]ccc3ccccc23)c(C)n1.[Ir]. The minimum Gasteiger partial charge on any atom is -0.393 e. The minimum absolute atomic E-state index is 0. The maximum Gasteiger partial charge on any atom is 0.0570 e. The van der Waals surface area contributed by atoms with E-state index in [2.05, 4.69) is 47.2 Å². The van der Waals surface area contributed by atoms with Gasteiger partial charge in [0, 0.05) is 37.7 Å². The molecule has 153 valence electrons. The summed E-state index contributed by atoms with van der Waals surface area (Å²) in [4.78, 5) is 9.29. The molecule has 0 aliphatic rings. The second-order valence-electron chi connectivity index (χ2n) is 6.92. The van der Waals surface area contributed by atoms with Crippen LogP contribution < -0.4 is 0 Å². The number of hydrogen-bond acceptors (Lipinski definition) is 4. The third kappa shape index (κ3) is 7.06. The van der Waals surface area contributed by atoms with Gasteiger partial charge in [0.15, 0.2) is 0 Å². The van der Waals surface area contributed by atoms with Gasteiger partial charge in [-0.15, -0.1) is 29.1 Å². The van der Waals surface area contributed by atoms with E-state index in [9.17, 15) is 0 Å². The predicted molar refractivity (Wildman–Crippen MR) is 111 cm³/mol. The monoisotopic (exact) mass is 558 g/mol. The van der Waals surface area contributed by atoms with Crippen molar-refractivity contribution >= 4 is 10.8 Å². The Bertz CT molecular complexity index is 855. The molecule has 2 atom stereocenters. The number of benzene rings is 2. The van der Waals surface area contributed by atoms with E-state index in [1.807, 2.05) is 25.3 Å². The molecule has 0 fully saturated rings. The van der Waals surface area contributed by atoms with Crippen molar-refractivity contribution in [2.24, 2.45) is 0 Å². The van der Waals surface area contributed by atoms with Gasteiger partial charge in [-0.25, -0.2) is 0 Å². The number of hydrogen-bond donors (Lipinski definition) is 2. The van der Waals surface area contributed by atoms with Crippen molar-refractivity contribution in [1.82, 2.24) is 9.97 Å². The van der Waals surface area contributed by atoms with Gasteiger partial charge in [-0.05, 0) is 33.6 Å². The smallest absolute Gasteiger partial charge is 0.0570 e. The molecular formula is C23H29IrN2O2-. The normalized spacial score (nSPS) is 12.5. The van der Waals surface area contributed by atoms with E-state index < -0.39 is 0 Å². The number of aliphatic hydroxyl groups excluding tert-OH is 2. The first-order valence-electron chi connectivity index (χ1n) is 9.50. The zero-order valence-corrected chi connectivity index (χ0v) is 19.3. The average Bonchev–Trinajstić information content (AvgIpc) is 2.61. The van der Waals surface area contributed by atoms with Gasteiger partial charge in [0.2, 0.25) is 0 Å². The largest absolute Gasteiger partial charge is 0.393 e. The Hall–Kier alpha value is -1.65. The van der Waals surface area contributed by atoms with Crippen LogP contribution in [-0.4, -0.2) is 32.4 Å². The third-order valence-electron chi connectivity index (χ3n) is 4.14. The van der Waals surface area contributed by atoms with Gasteiger partial charge >= 0.3 is 0 Å². The Balaban J connectivity index is 0.000000425. The van der Waals surface area contributed by atoms with Crippen LogP contribution in [0.2, 0.25) is 0 Å². The molecule has 1 radical (unpaired) electrons. The molecule has 0 spiro atoms. The van der Waals surface area contributed by atoms with Crippen molar-refractivity contribution in [2.45, 2.75) is 59.2 Å². The molecule has 2 unspecified atom stereocenters. The molecule has 0 saturated heterocycles. The molecule has 3 aromatic rings. The number of aliphatic hydroxyl groups is 2. The van der Waals surface area contributed by atoms with Gasteiger partial charge in [0.05, 0.1) is 17.9 Å². The molecule has 28 heavy (non-hydrogen) atoms. The molecule has 1 heterocycles. The molecule has 0 saturated carbocycles. The molecule has 2 N–H and O–H groups in total. The maximum absolute atomic E-state index is 8.56. The van der Waals surface area contributed by atoms with Crippen LogP contribution in [0.1, 0.15) is 45.0 Å². The average molecular weight is 558 g/mol. The van der Waals surface area contributed by atoms with Crippen molar-refractivity contribution in [3.05, 3.63) is 60.0 Å². The molecule has 3 rings (SSSR count). The zero-order valence-electron chi connectivity index (χ0n) is 16.9. The first-order chi connectivity index (χ1) is 12.9.